The number of amides is 1. The summed E-state index contributed by atoms with van der Waals surface area (Å²) in [5.41, 5.74) is 3.07. The highest BCUT2D eigenvalue weighted by Crippen LogP contribution is 2.21. The Labute approximate surface area is 121 Å². The topological polar surface area (TPSA) is 80.9 Å². The smallest absolute Gasteiger partial charge is 0.258 e. The summed E-state index contributed by atoms with van der Waals surface area (Å²) in [6.07, 6.45) is 1.69. The highest BCUT2D eigenvalue weighted by Gasteiger charge is 2.17. The SMILES string of the molecule is Cc1cc(C(=O)NCc2ccccn2)c2c(C)noc2n1. The van der Waals surface area contributed by atoms with Gasteiger partial charge in [0.1, 0.15) is 0 Å². The van der Waals surface area contributed by atoms with Crippen molar-refractivity contribution in [3.8, 4) is 0 Å². The van der Waals surface area contributed by atoms with Gasteiger partial charge in [-0.15, -0.1) is 0 Å². The molecule has 0 spiro atoms. The van der Waals surface area contributed by atoms with Crippen LogP contribution in [0.4, 0.5) is 0 Å². The number of hydrogen-bond donors (Lipinski definition) is 1. The molecule has 0 radical (unpaired) electrons. The first-order valence-electron chi connectivity index (χ1n) is 6.57. The molecule has 21 heavy (non-hydrogen) atoms. The molecule has 0 atom stereocenters. The molecule has 6 nitrogen and oxygen atoms in total. The van der Waals surface area contributed by atoms with E-state index in [4.69, 9.17) is 4.52 Å². The van der Waals surface area contributed by atoms with Gasteiger partial charge in [-0.25, -0.2) is 4.98 Å². The van der Waals surface area contributed by atoms with E-state index in [1.807, 2.05) is 25.1 Å². The number of fused-ring (bicyclic) bond motifs is 1. The standard InChI is InChI=1S/C15H14N4O2/c1-9-7-12(13-10(2)19-21-15(13)18-9)14(20)17-8-11-5-3-4-6-16-11/h3-7H,8H2,1-2H3,(H,17,20). The van der Waals surface area contributed by atoms with Crippen LogP contribution in [0.2, 0.25) is 0 Å². The lowest BCUT2D eigenvalue weighted by Gasteiger charge is -2.06. The first-order chi connectivity index (χ1) is 10.1. The summed E-state index contributed by atoms with van der Waals surface area (Å²) in [7, 11) is 0. The van der Waals surface area contributed by atoms with Crippen LogP contribution in [0.25, 0.3) is 11.1 Å². The quantitative estimate of drug-likeness (QED) is 0.796. The lowest BCUT2D eigenvalue weighted by atomic mass is 10.1. The third-order valence-corrected chi connectivity index (χ3v) is 3.15. The number of nitrogens with zero attached hydrogens (tertiary/aromatic N) is 3. The largest absolute Gasteiger partial charge is 0.346 e. The van der Waals surface area contributed by atoms with Gasteiger partial charge in [0.05, 0.1) is 28.9 Å². The number of pyridine rings is 2. The second-order valence-electron chi connectivity index (χ2n) is 4.76. The normalized spacial score (nSPS) is 10.8. The molecule has 1 amide bonds. The molecule has 0 bridgehead atoms. The van der Waals surface area contributed by atoms with Gasteiger partial charge in [0.2, 0.25) is 0 Å². The summed E-state index contributed by atoms with van der Waals surface area (Å²) < 4.78 is 5.13. The van der Waals surface area contributed by atoms with Crippen molar-refractivity contribution >= 4 is 17.0 Å². The lowest BCUT2D eigenvalue weighted by molar-refractivity contribution is 0.0952. The molecule has 0 saturated carbocycles. The molecule has 0 aliphatic carbocycles. The number of carbonyl (C=O) groups excluding carboxylic acids is 1. The Bertz CT molecular complexity index is 796. The minimum absolute atomic E-state index is 0.192. The fraction of sp³-hybridized carbons (Fsp3) is 0.200. The summed E-state index contributed by atoms with van der Waals surface area (Å²) in [5, 5.41) is 7.37. The summed E-state index contributed by atoms with van der Waals surface area (Å²) in [4.78, 5) is 20.8. The molecule has 1 N–H and O–H groups in total. The average Bonchev–Trinajstić information content (AvgIpc) is 2.86. The van der Waals surface area contributed by atoms with Gasteiger partial charge in [-0.05, 0) is 32.0 Å². The van der Waals surface area contributed by atoms with Crippen molar-refractivity contribution in [3.05, 3.63) is 53.1 Å². The Hall–Kier alpha value is -2.76. The van der Waals surface area contributed by atoms with Gasteiger partial charge in [-0.2, -0.15) is 0 Å². The van der Waals surface area contributed by atoms with E-state index >= 15 is 0 Å². The van der Waals surface area contributed by atoms with E-state index < -0.39 is 0 Å². The monoisotopic (exact) mass is 282 g/mol. The number of rotatable bonds is 3. The highest BCUT2D eigenvalue weighted by molar-refractivity contribution is 6.05. The first-order valence-corrected chi connectivity index (χ1v) is 6.57. The van der Waals surface area contributed by atoms with Crippen LogP contribution in [0.15, 0.2) is 35.0 Å². The maximum absolute atomic E-state index is 12.4. The van der Waals surface area contributed by atoms with Gasteiger partial charge >= 0.3 is 0 Å². The summed E-state index contributed by atoms with van der Waals surface area (Å²) in [6, 6.07) is 7.31. The molecule has 3 aromatic heterocycles. The maximum atomic E-state index is 12.4. The number of hydrogen-bond acceptors (Lipinski definition) is 5. The van der Waals surface area contributed by atoms with Gasteiger partial charge < -0.3 is 9.84 Å². The van der Waals surface area contributed by atoms with Crippen LogP contribution in [0.3, 0.4) is 0 Å². The van der Waals surface area contributed by atoms with Gasteiger partial charge in [-0.3, -0.25) is 9.78 Å². The average molecular weight is 282 g/mol. The van der Waals surface area contributed by atoms with Crippen molar-refractivity contribution in [2.75, 3.05) is 0 Å². The third-order valence-electron chi connectivity index (χ3n) is 3.15. The summed E-state index contributed by atoms with van der Waals surface area (Å²) >= 11 is 0. The Balaban J connectivity index is 1.89. The molecular weight excluding hydrogens is 268 g/mol. The van der Waals surface area contributed by atoms with Crippen molar-refractivity contribution in [1.82, 2.24) is 20.4 Å². The van der Waals surface area contributed by atoms with Crippen molar-refractivity contribution in [2.24, 2.45) is 0 Å². The van der Waals surface area contributed by atoms with E-state index in [2.05, 4.69) is 20.4 Å². The third kappa shape index (κ3) is 2.60. The molecule has 0 aliphatic heterocycles. The Morgan fingerprint density at radius 2 is 2.19 bits per heavy atom. The van der Waals surface area contributed by atoms with Crippen LogP contribution in [0.5, 0.6) is 0 Å². The maximum Gasteiger partial charge on any atom is 0.258 e. The molecule has 0 aliphatic rings. The zero-order valence-corrected chi connectivity index (χ0v) is 11.8. The second kappa shape index (κ2) is 5.32. The lowest BCUT2D eigenvalue weighted by Crippen LogP contribution is -2.23. The number of aryl methyl sites for hydroxylation is 2. The van der Waals surface area contributed by atoms with E-state index in [0.29, 0.717) is 34.6 Å². The predicted molar refractivity (Wildman–Crippen MR) is 76.7 cm³/mol. The van der Waals surface area contributed by atoms with Crippen LogP contribution in [-0.4, -0.2) is 21.0 Å². The molecular formula is C15H14N4O2. The highest BCUT2D eigenvalue weighted by atomic mass is 16.5. The van der Waals surface area contributed by atoms with Crippen LogP contribution < -0.4 is 5.32 Å². The molecule has 3 rings (SSSR count). The second-order valence-corrected chi connectivity index (χ2v) is 4.76. The van der Waals surface area contributed by atoms with Gasteiger partial charge in [0.15, 0.2) is 0 Å². The van der Waals surface area contributed by atoms with Crippen LogP contribution >= 0.6 is 0 Å². The molecule has 0 fully saturated rings. The molecule has 0 unspecified atom stereocenters. The Morgan fingerprint density at radius 3 is 2.95 bits per heavy atom. The van der Waals surface area contributed by atoms with E-state index in [1.165, 1.54) is 0 Å². The zero-order valence-electron chi connectivity index (χ0n) is 11.8. The molecule has 3 aromatic rings. The van der Waals surface area contributed by atoms with Crippen LogP contribution in [0, 0.1) is 13.8 Å². The zero-order chi connectivity index (χ0) is 14.8. The predicted octanol–water partition coefficient (Wildman–Crippen LogP) is 2.16. The number of aromatic nitrogens is 3. The molecule has 0 saturated heterocycles. The van der Waals surface area contributed by atoms with Gasteiger partial charge in [0, 0.05) is 11.9 Å². The minimum Gasteiger partial charge on any atom is -0.346 e. The van der Waals surface area contributed by atoms with Crippen LogP contribution in [-0.2, 0) is 6.54 Å². The first kappa shape index (κ1) is 13.2. The molecule has 106 valence electrons. The Kier molecular flexibility index (Phi) is 3.35. The van der Waals surface area contributed by atoms with E-state index in [0.717, 1.165) is 5.69 Å². The van der Waals surface area contributed by atoms with Gasteiger partial charge in [0.25, 0.3) is 11.6 Å². The van der Waals surface area contributed by atoms with E-state index in [-0.39, 0.29) is 5.91 Å². The fourth-order valence-electron chi connectivity index (χ4n) is 2.17. The summed E-state index contributed by atoms with van der Waals surface area (Å²) in [5.74, 6) is -0.192. The number of carbonyl (C=O) groups is 1. The molecule has 0 aromatic carbocycles. The number of nitrogens with one attached hydrogen (secondary N) is 1. The minimum atomic E-state index is -0.192. The summed E-state index contributed by atoms with van der Waals surface area (Å²) in [6.45, 7) is 3.97. The van der Waals surface area contributed by atoms with E-state index in [9.17, 15) is 4.79 Å². The van der Waals surface area contributed by atoms with Crippen LogP contribution in [0.1, 0.15) is 27.4 Å². The fourth-order valence-corrected chi connectivity index (χ4v) is 2.17. The molecule has 6 heteroatoms. The van der Waals surface area contributed by atoms with Crippen molar-refractivity contribution in [3.63, 3.8) is 0 Å². The Morgan fingerprint density at radius 1 is 1.33 bits per heavy atom. The van der Waals surface area contributed by atoms with E-state index in [1.54, 1.807) is 19.2 Å². The van der Waals surface area contributed by atoms with Crippen molar-refractivity contribution in [2.45, 2.75) is 20.4 Å². The van der Waals surface area contributed by atoms with Gasteiger partial charge in [-0.1, -0.05) is 11.2 Å². The van der Waals surface area contributed by atoms with Crippen molar-refractivity contribution < 1.29 is 9.32 Å². The molecule has 3 heterocycles. The van der Waals surface area contributed by atoms with Crippen molar-refractivity contribution in [1.29, 1.82) is 0 Å².